The number of hydrogen-bond donors (Lipinski definition) is 2. The molecule has 1 heterocycles. The number of amides is 1. The summed E-state index contributed by atoms with van der Waals surface area (Å²) in [5, 5.41) is 6.91. The van der Waals surface area contributed by atoms with Crippen molar-refractivity contribution in [3.05, 3.63) is 29.3 Å². The first kappa shape index (κ1) is 14.3. The van der Waals surface area contributed by atoms with Gasteiger partial charge >= 0.3 is 0 Å². The van der Waals surface area contributed by atoms with Crippen LogP contribution in [0.4, 0.5) is 5.69 Å². The summed E-state index contributed by atoms with van der Waals surface area (Å²) in [6.45, 7) is 5.65. The van der Waals surface area contributed by atoms with E-state index in [1.807, 2.05) is 43.8 Å². The number of thioether (sulfide) groups is 1. The van der Waals surface area contributed by atoms with E-state index in [9.17, 15) is 4.79 Å². The van der Waals surface area contributed by atoms with Gasteiger partial charge in [-0.1, -0.05) is 11.6 Å². The van der Waals surface area contributed by atoms with Crippen molar-refractivity contribution in [1.29, 1.82) is 0 Å². The molecule has 1 unspecified atom stereocenters. The average Bonchev–Trinajstić information content (AvgIpc) is 2.91. The lowest BCUT2D eigenvalue weighted by Gasteiger charge is -2.14. The van der Waals surface area contributed by atoms with Crippen LogP contribution in [0.2, 0.25) is 0 Å². The Morgan fingerprint density at radius 3 is 3.00 bits per heavy atom. The summed E-state index contributed by atoms with van der Waals surface area (Å²) in [5.74, 6) is 1.26. The van der Waals surface area contributed by atoms with E-state index in [0.29, 0.717) is 5.25 Å². The van der Waals surface area contributed by atoms with Crippen molar-refractivity contribution in [2.75, 3.05) is 24.2 Å². The highest BCUT2D eigenvalue weighted by atomic mass is 32.2. The molecule has 1 saturated heterocycles. The van der Waals surface area contributed by atoms with Crippen LogP contribution in [0.3, 0.4) is 0 Å². The Kier molecular flexibility index (Phi) is 5.14. The lowest BCUT2D eigenvalue weighted by atomic mass is 10.1. The Bertz CT molecular complexity index is 442. The molecular weight excluding hydrogens is 256 g/mol. The summed E-state index contributed by atoms with van der Waals surface area (Å²) in [6, 6.07) is 5.97. The van der Waals surface area contributed by atoms with Crippen molar-refractivity contribution in [2.24, 2.45) is 0 Å². The van der Waals surface area contributed by atoms with Gasteiger partial charge in [-0.25, -0.2) is 0 Å². The fourth-order valence-electron chi connectivity index (χ4n) is 2.30. The Labute approximate surface area is 119 Å². The molecule has 0 spiro atoms. The number of hydrogen-bond acceptors (Lipinski definition) is 3. The Morgan fingerprint density at radius 2 is 2.32 bits per heavy atom. The highest BCUT2D eigenvalue weighted by Gasteiger charge is 2.17. The van der Waals surface area contributed by atoms with Gasteiger partial charge in [0.15, 0.2) is 0 Å². The van der Waals surface area contributed by atoms with Gasteiger partial charge < -0.3 is 10.6 Å². The number of anilines is 1. The summed E-state index contributed by atoms with van der Waals surface area (Å²) >= 11 is 1.97. The number of carbonyl (C=O) groups excluding carboxylic acids is 1. The minimum atomic E-state index is 0.0344. The average molecular weight is 278 g/mol. The summed E-state index contributed by atoms with van der Waals surface area (Å²) < 4.78 is 0. The molecule has 0 aromatic heterocycles. The first-order valence-electron chi connectivity index (χ1n) is 6.95. The highest BCUT2D eigenvalue weighted by molar-refractivity contribution is 8.00. The molecule has 1 aromatic carbocycles. The standard InChI is InChI=1S/C15H22N2OS/c1-3-16-14-7-6-11(2)9-13(14)15(18)17-10-12-5-4-8-19-12/h6-7,9,12,16H,3-5,8,10H2,1-2H3,(H,17,18). The second-order valence-electron chi connectivity index (χ2n) is 4.92. The van der Waals surface area contributed by atoms with Gasteiger partial charge in [-0.2, -0.15) is 11.8 Å². The van der Waals surface area contributed by atoms with Crippen LogP contribution >= 0.6 is 11.8 Å². The molecule has 104 valence electrons. The number of rotatable bonds is 5. The SMILES string of the molecule is CCNc1ccc(C)cc1C(=O)NCC1CCCS1. The second kappa shape index (κ2) is 6.85. The smallest absolute Gasteiger partial charge is 0.253 e. The van der Waals surface area contributed by atoms with E-state index >= 15 is 0 Å². The first-order valence-corrected chi connectivity index (χ1v) is 8.00. The van der Waals surface area contributed by atoms with Crippen LogP contribution in [0.15, 0.2) is 18.2 Å². The molecule has 19 heavy (non-hydrogen) atoms. The van der Waals surface area contributed by atoms with Gasteiger partial charge in [0.25, 0.3) is 5.91 Å². The van der Waals surface area contributed by atoms with E-state index < -0.39 is 0 Å². The molecule has 1 aliphatic heterocycles. The normalized spacial score (nSPS) is 18.3. The Hall–Kier alpha value is -1.16. The van der Waals surface area contributed by atoms with Crippen LogP contribution in [0.1, 0.15) is 35.7 Å². The van der Waals surface area contributed by atoms with Gasteiger partial charge in [0.2, 0.25) is 0 Å². The molecule has 2 N–H and O–H groups in total. The molecule has 1 atom stereocenters. The largest absolute Gasteiger partial charge is 0.385 e. The van der Waals surface area contributed by atoms with Gasteiger partial charge in [-0.15, -0.1) is 0 Å². The lowest BCUT2D eigenvalue weighted by Crippen LogP contribution is -2.30. The van der Waals surface area contributed by atoms with E-state index in [-0.39, 0.29) is 5.91 Å². The summed E-state index contributed by atoms with van der Waals surface area (Å²) in [7, 11) is 0. The van der Waals surface area contributed by atoms with Crippen molar-refractivity contribution in [3.63, 3.8) is 0 Å². The van der Waals surface area contributed by atoms with Crippen molar-refractivity contribution in [1.82, 2.24) is 5.32 Å². The predicted octanol–water partition coefficient (Wildman–Crippen LogP) is 3.05. The van der Waals surface area contributed by atoms with Crippen LogP contribution < -0.4 is 10.6 Å². The molecule has 2 rings (SSSR count). The van der Waals surface area contributed by atoms with E-state index in [0.717, 1.165) is 29.9 Å². The molecule has 3 nitrogen and oxygen atoms in total. The van der Waals surface area contributed by atoms with Crippen LogP contribution in [-0.2, 0) is 0 Å². The van der Waals surface area contributed by atoms with Gasteiger partial charge in [0, 0.05) is 24.0 Å². The molecule has 1 fully saturated rings. The molecule has 4 heteroatoms. The molecule has 1 amide bonds. The lowest BCUT2D eigenvalue weighted by molar-refractivity contribution is 0.0954. The summed E-state index contributed by atoms with van der Waals surface area (Å²) in [6.07, 6.45) is 2.50. The van der Waals surface area contributed by atoms with Gasteiger partial charge in [0.1, 0.15) is 0 Å². The van der Waals surface area contributed by atoms with Crippen LogP contribution in [0.25, 0.3) is 0 Å². The predicted molar refractivity (Wildman–Crippen MR) is 83.2 cm³/mol. The third kappa shape index (κ3) is 3.90. The van der Waals surface area contributed by atoms with Crippen molar-refractivity contribution in [2.45, 2.75) is 31.9 Å². The molecule has 1 aliphatic rings. The quantitative estimate of drug-likeness (QED) is 0.870. The number of nitrogens with one attached hydrogen (secondary N) is 2. The summed E-state index contributed by atoms with van der Waals surface area (Å²) in [4.78, 5) is 12.3. The molecule has 0 saturated carbocycles. The second-order valence-corrected chi connectivity index (χ2v) is 6.33. The number of benzene rings is 1. The fourth-order valence-corrected chi connectivity index (χ4v) is 3.50. The fraction of sp³-hybridized carbons (Fsp3) is 0.533. The number of aryl methyl sites for hydroxylation is 1. The molecule has 0 bridgehead atoms. The van der Waals surface area contributed by atoms with Crippen LogP contribution in [0, 0.1) is 6.92 Å². The molecule has 0 aliphatic carbocycles. The van der Waals surface area contributed by atoms with Gasteiger partial charge in [0.05, 0.1) is 5.56 Å². The van der Waals surface area contributed by atoms with Crippen LogP contribution in [-0.4, -0.2) is 30.0 Å². The summed E-state index contributed by atoms with van der Waals surface area (Å²) in [5.41, 5.74) is 2.79. The minimum Gasteiger partial charge on any atom is -0.385 e. The zero-order valence-corrected chi connectivity index (χ0v) is 12.5. The van der Waals surface area contributed by atoms with E-state index in [4.69, 9.17) is 0 Å². The maximum Gasteiger partial charge on any atom is 0.253 e. The van der Waals surface area contributed by atoms with E-state index in [2.05, 4.69) is 10.6 Å². The first-order chi connectivity index (χ1) is 9.20. The highest BCUT2D eigenvalue weighted by Crippen LogP contribution is 2.25. The zero-order chi connectivity index (χ0) is 13.7. The zero-order valence-electron chi connectivity index (χ0n) is 11.7. The third-order valence-corrected chi connectivity index (χ3v) is 4.70. The molecular formula is C15H22N2OS. The third-order valence-electron chi connectivity index (χ3n) is 3.30. The van der Waals surface area contributed by atoms with Gasteiger partial charge in [-0.3, -0.25) is 4.79 Å². The van der Waals surface area contributed by atoms with Crippen molar-refractivity contribution >= 4 is 23.4 Å². The Balaban J connectivity index is 2.02. The van der Waals surface area contributed by atoms with Crippen molar-refractivity contribution in [3.8, 4) is 0 Å². The maximum atomic E-state index is 12.3. The molecule has 0 radical (unpaired) electrons. The van der Waals surface area contributed by atoms with E-state index in [1.54, 1.807) is 0 Å². The maximum absolute atomic E-state index is 12.3. The topological polar surface area (TPSA) is 41.1 Å². The van der Waals surface area contributed by atoms with Gasteiger partial charge in [-0.05, 0) is 44.6 Å². The Morgan fingerprint density at radius 1 is 1.47 bits per heavy atom. The monoisotopic (exact) mass is 278 g/mol. The number of carbonyl (C=O) groups is 1. The minimum absolute atomic E-state index is 0.0344. The van der Waals surface area contributed by atoms with E-state index in [1.165, 1.54) is 18.6 Å². The van der Waals surface area contributed by atoms with Crippen LogP contribution in [0.5, 0.6) is 0 Å². The van der Waals surface area contributed by atoms with Crippen molar-refractivity contribution < 1.29 is 4.79 Å². The molecule has 1 aromatic rings.